The monoisotopic (exact) mass is 331 g/mol. The van der Waals surface area contributed by atoms with Crippen LogP contribution in [0, 0.1) is 18.3 Å². The lowest BCUT2D eigenvalue weighted by Gasteiger charge is -2.06. The highest BCUT2D eigenvalue weighted by atomic mass is 32.2. The van der Waals surface area contributed by atoms with E-state index >= 15 is 0 Å². The highest BCUT2D eigenvalue weighted by Crippen LogP contribution is 2.26. The molecule has 0 atom stereocenters. The number of fused-ring (bicyclic) bond motifs is 3. The Bertz CT molecular complexity index is 1080. The van der Waals surface area contributed by atoms with Gasteiger partial charge in [-0.1, -0.05) is 36.0 Å². The summed E-state index contributed by atoms with van der Waals surface area (Å²) in [4.78, 5) is 9.28. The lowest BCUT2D eigenvalue weighted by molar-refractivity contribution is 0.797. The maximum absolute atomic E-state index is 8.87. The molecule has 0 aliphatic rings. The van der Waals surface area contributed by atoms with Crippen LogP contribution in [0.25, 0.3) is 16.6 Å². The molecule has 0 saturated heterocycles. The number of nitriles is 1. The van der Waals surface area contributed by atoms with Gasteiger partial charge in [0, 0.05) is 11.1 Å². The fraction of sp³-hybridized carbons (Fsp3) is 0.111. The van der Waals surface area contributed by atoms with Crippen molar-refractivity contribution in [3.8, 4) is 6.07 Å². The molecule has 0 unspecified atom stereocenters. The molecular weight excluding hydrogens is 318 g/mol. The largest absolute Gasteiger partial charge is 0.222 e. The van der Waals surface area contributed by atoms with E-state index in [9.17, 15) is 0 Å². The van der Waals surface area contributed by atoms with Gasteiger partial charge in [0.25, 0.3) is 0 Å². The Morgan fingerprint density at radius 1 is 1.08 bits per heavy atom. The second-order valence-electron chi connectivity index (χ2n) is 5.40. The number of aromatic nitrogens is 4. The average Bonchev–Trinajstić information content (AvgIpc) is 3.02. The smallest absolute Gasteiger partial charge is 0.191 e. The third kappa shape index (κ3) is 2.59. The summed E-state index contributed by atoms with van der Waals surface area (Å²) in [6.07, 6.45) is 0. The van der Waals surface area contributed by atoms with Crippen molar-refractivity contribution in [1.82, 2.24) is 19.6 Å². The van der Waals surface area contributed by atoms with Gasteiger partial charge >= 0.3 is 0 Å². The van der Waals surface area contributed by atoms with Crippen LogP contribution >= 0.6 is 11.8 Å². The Kier molecular flexibility index (Phi) is 3.63. The molecule has 0 aliphatic heterocycles. The number of thioether (sulfide) groups is 1. The lowest BCUT2D eigenvalue weighted by atomic mass is 10.2. The zero-order chi connectivity index (χ0) is 16.5. The fourth-order valence-electron chi connectivity index (χ4n) is 2.55. The molecule has 6 heteroatoms. The first kappa shape index (κ1) is 14.7. The SMILES string of the molecule is Cc1nc2c3ccccc3nc(SCc3ccc(C#N)cc3)n2n1. The standard InChI is InChI=1S/C18H13N5S/c1-12-20-17-15-4-2-3-5-16(15)21-18(23(17)22-12)24-11-14-8-6-13(10-19)7-9-14/h2-9H,11H2,1H3. The molecular formula is C18H13N5S. The van der Waals surface area contributed by atoms with Gasteiger partial charge in [0.15, 0.2) is 10.8 Å². The molecule has 2 heterocycles. The van der Waals surface area contributed by atoms with Gasteiger partial charge in [-0.3, -0.25) is 0 Å². The van der Waals surface area contributed by atoms with Crippen molar-refractivity contribution in [2.45, 2.75) is 17.8 Å². The minimum atomic E-state index is 0.668. The Labute approximate surface area is 143 Å². The minimum Gasteiger partial charge on any atom is -0.222 e. The third-order valence-electron chi connectivity index (χ3n) is 3.71. The summed E-state index contributed by atoms with van der Waals surface area (Å²) in [5.74, 6) is 1.48. The number of hydrogen-bond donors (Lipinski definition) is 0. The van der Waals surface area contributed by atoms with Crippen LogP contribution in [0.5, 0.6) is 0 Å². The van der Waals surface area contributed by atoms with Crippen LogP contribution in [0.4, 0.5) is 0 Å². The number of para-hydroxylation sites is 1. The molecule has 4 rings (SSSR count). The van der Waals surface area contributed by atoms with Gasteiger partial charge < -0.3 is 0 Å². The number of rotatable bonds is 3. The molecule has 4 aromatic rings. The molecule has 5 nitrogen and oxygen atoms in total. The second kappa shape index (κ2) is 5.95. The first-order valence-corrected chi connectivity index (χ1v) is 8.47. The lowest BCUT2D eigenvalue weighted by Crippen LogP contribution is -1.98. The summed E-state index contributed by atoms with van der Waals surface area (Å²) in [5, 5.41) is 15.2. The van der Waals surface area contributed by atoms with Crippen LogP contribution in [0.2, 0.25) is 0 Å². The molecule has 0 N–H and O–H groups in total. The van der Waals surface area contributed by atoms with Gasteiger partial charge in [-0.2, -0.15) is 9.78 Å². The average molecular weight is 331 g/mol. The van der Waals surface area contributed by atoms with Crippen molar-refractivity contribution in [2.24, 2.45) is 0 Å². The van der Waals surface area contributed by atoms with Gasteiger partial charge in [0.2, 0.25) is 0 Å². The van der Waals surface area contributed by atoms with Crippen LogP contribution in [0.3, 0.4) is 0 Å². The fourth-order valence-corrected chi connectivity index (χ4v) is 3.45. The van der Waals surface area contributed by atoms with E-state index in [2.05, 4.69) is 16.2 Å². The van der Waals surface area contributed by atoms with Crippen molar-refractivity contribution in [2.75, 3.05) is 0 Å². The molecule has 0 fully saturated rings. The maximum atomic E-state index is 8.87. The third-order valence-corrected chi connectivity index (χ3v) is 4.71. The Hall–Kier alpha value is -2.91. The molecule has 0 aliphatic carbocycles. The normalized spacial score (nSPS) is 11.0. The summed E-state index contributed by atoms with van der Waals surface area (Å²) in [5.41, 5.74) is 3.56. The van der Waals surface area contributed by atoms with E-state index in [1.54, 1.807) is 11.8 Å². The van der Waals surface area contributed by atoms with E-state index in [4.69, 9.17) is 10.2 Å². The van der Waals surface area contributed by atoms with Crippen LogP contribution in [0.1, 0.15) is 17.0 Å². The predicted octanol–water partition coefficient (Wildman–Crippen LogP) is 3.75. The van der Waals surface area contributed by atoms with Crippen molar-refractivity contribution in [3.63, 3.8) is 0 Å². The number of nitrogens with zero attached hydrogens (tertiary/aromatic N) is 5. The van der Waals surface area contributed by atoms with E-state index in [0.29, 0.717) is 5.56 Å². The van der Waals surface area contributed by atoms with Gasteiger partial charge in [-0.15, -0.1) is 5.10 Å². The zero-order valence-electron chi connectivity index (χ0n) is 13.0. The predicted molar refractivity (Wildman–Crippen MR) is 93.7 cm³/mol. The van der Waals surface area contributed by atoms with Gasteiger partial charge in [0.1, 0.15) is 5.82 Å². The van der Waals surface area contributed by atoms with Gasteiger partial charge in [-0.25, -0.2) is 9.97 Å². The van der Waals surface area contributed by atoms with Crippen LogP contribution in [0.15, 0.2) is 53.7 Å². The van der Waals surface area contributed by atoms with Gasteiger partial charge in [0.05, 0.1) is 17.1 Å². The maximum Gasteiger partial charge on any atom is 0.191 e. The van der Waals surface area contributed by atoms with Crippen LogP contribution < -0.4 is 0 Å². The van der Waals surface area contributed by atoms with E-state index in [0.717, 1.165) is 38.8 Å². The Balaban J connectivity index is 1.73. The molecule has 24 heavy (non-hydrogen) atoms. The Morgan fingerprint density at radius 2 is 1.88 bits per heavy atom. The molecule has 2 aromatic heterocycles. The second-order valence-corrected chi connectivity index (χ2v) is 6.35. The quantitative estimate of drug-likeness (QED) is 0.422. The van der Waals surface area contributed by atoms with Gasteiger partial charge in [-0.05, 0) is 36.8 Å². The number of hydrogen-bond acceptors (Lipinski definition) is 5. The van der Waals surface area contributed by atoms with Crippen LogP contribution in [-0.4, -0.2) is 19.6 Å². The summed E-state index contributed by atoms with van der Waals surface area (Å²) in [6, 6.07) is 17.7. The first-order chi connectivity index (χ1) is 11.7. The first-order valence-electron chi connectivity index (χ1n) is 7.48. The van der Waals surface area contributed by atoms with Crippen molar-refractivity contribution < 1.29 is 0 Å². The molecule has 0 radical (unpaired) electrons. The molecule has 0 amide bonds. The molecule has 2 aromatic carbocycles. The van der Waals surface area contributed by atoms with Crippen LogP contribution in [-0.2, 0) is 5.75 Å². The summed E-state index contributed by atoms with van der Waals surface area (Å²) in [7, 11) is 0. The Morgan fingerprint density at radius 3 is 2.67 bits per heavy atom. The molecule has 116 valence electrons. The van der Waals surface area contributed by atoms with E-state index < -0.39 is 0 Å². The van der Waals surface area contributed by atoms with Crippen molar-refractivity contribution in [3.05, 3.63) is 65.5 Å². The molecule has 0 saturated carbocycles. The summed E-state index contributed by atoms with van der Waals surface area (Å²) < 4.78 is 1.81. The van der Waals surface area contributed by atoms with Crippen molar-refractivity contribution in [1.29, 1.82) is 5.26 Å². The van der Waals surface area contributed by atoms with E-state index in [1.807, 2.05) is 60.0 Å². The number of benzene rings is 2. The summed E-state index contributed by atoms with van der Waals surface area (Å²) >= 11 is 1.61. The zero-order valence-corrected chi connectivity index (χ0v) is 13.8. The summed E-state index contributed by atoms with van der Waals surface area (Å²) in [6.45, 7) is 1.89. The van der Waals surface area contributed by atoms with Crippen molar-refractivity contribution >= 4 is 28.3 Å². The topological polar surface area (TPSA) is 66.9 Å². The minimum absolute atomic E-state index is 0.668. The highest BCUT2D eigenvalue weighted by Gasteiger charge is 2.12. The molecule has 0 bridgehead atoms. The van der Waals surface area contributed by atoms with E-state index in [1.165, 1.54) is 0 Å². The molecule has 0 spiro atoms. The van der Waals surface area contributed by atoms with E-state index in [-0.39, 0.29) is 0 Å². The highest BCUT2D eigenvalue weighted by molar-refractivity contribution is 7.98. The number of aryl methyl sites for hydroxylation is 1.